The van der Waals surface area contributed by atoms with Crippen LogP contribution in [0.25, 0.3) is 0 Å². The first kappa shape index (κ1) is 15.9. The van der Waals surface area contributed by atoms with Crippen LogP contribution >= 0.6 is 0 Å². The molecule has 5 nitrogen and oxygen atoms in total. The lowest BCUT2D eigenvalue weighted by Gasteiger charge is -2.11. The van der Waals surface area contributed by atoms with Gasteiger partial charge in [0.15, 0.2) is 0 Å². The summed E-state index contributed by atoms with van der Waals surface area (Å²) in [7, 11) is 0. The molecule has 1 aromatic carbocycles. The van der Waals surface area contributed by atoms with E-state index in [1.54, 1.807) is 6.92 Å². The van der Waals surface area contributed by atoms with Crippen molar-refractivity contribution < 1.29 is 24.2 Å². The first-order valence-corrected chi connectivity index (χ1v) is 6.34. The van der Waals surface area contributed by atoms with Gasteiger partial charge in [0, 0.05) is 25.2 Å². The molecule has 0 saturated heterocycles. The molecule has 1 unspecified atom stereocenters. The average Bonchev–Trinajstić information content (AvgIpc) is 2.46. The summed E-state index contributed by atoms with van der Waals surface area (Å²) in [4.78, 5) is 22.7. The van der Waals surface area contributed by atoms with Crippen LogP contribution in [0, 0.1) is 0 Å². The Morgan fingerprint density at radius 3 is 2.50 bits per heavy atom. The largest absolute Gasteiger partial charge is 0.462 e. The smallest absolute Gasteiger partial charge is 0.331 e. The number of carbonyl (C=O) groups is 2. The summed E-state index contributed by atoms with van der Waals surface area (Å²) in [5.74, 6) is -1.25. The van der Waals surface area contributed by atoms with E-state index in [1.165, 1.54) is 0 Å². The fourth-order valence-corrected chi connectivity index (χ4v) is 1.43. The number of hydrogen-bond donors (Lipinski definition) is 1. The van der Waals surface area contributed by atoms with Crippen molar-refractivity contribution in [2.24, 2.45) is 0 Å². The quantitative estimate of drug-likeness (QED) is 0.467. The van der Waals surface area contributed by atoms with Gasteiger partial charge >= 0.3 is 11.9 Å². The van der Waals surface area contributed by atoms with E-state index in [-0.39, 0.29) is 13.2 Å². The number of ether oxygens (including phenoxy) is 2. The van der Waals surface area contributed by atoms with Gasteiger partial charge in [-0.2, -0.15) is 0 Å². The number of hydrogen-bond acceptors (Lipinski definition) is 5. The van der Waals surface area contributed by atoms with Gasteiger partial charge in [0.1, 0.15) is 6.10 Å². The molecule has 1 N–H and O–H groups in total. The Hall–Kier alpha value is -2.14. The highest BCUT2D eigenvalue weighted by molar-refractivity contribution is 5.91. The van der Waals surface area contributed by atoms with Crippen LogP contribution in [0.3, 0.4) is 0 Å². The van der Waals surface area contributed by atoms with Crippen LogP contribution in [0.1, 0.15) is 25.0 Å². The number of benzene rings is 1. The van der Waals surface area contributed by atoms with Gasteiger partial charge in [-0.25, -0.2) is 9.59 Å². The van der Waals surface area contributed by atoms with Crippen LogP contribution in [0.15, 0.2) is 42.5 Å². The molecule has 0 radical (unpaired) electrons. The topological polar surface area (TPSA) is 72.8 Å². The normalized spacial score (nSPS) is 12.1. The Morgan fingerprint density at radius 1 is 1.20 bits per heavy atom. The minimum absolute atomic E-state index is 0.0480. The predicted octanol–water partition coefficient (Wildman–Crippen LogP) is 1.77. The summed E-state index contributed by atoms with van der Waals surface area (Å²) in [6.07, 6.45) is 2.02. The van der Waals surface area contributed by atoms with Gasteiger partial charge in [-0.05, 0) is 12.5 Å². The SMILES string of the molecule is CC(OC(=O)C=CC(=O)OCCCO)c1ccccc1. The lowest BCUT2D eigenvalue weighted by atomic mass is 10.1. The number of aliphatic hydroxyl groups excluding tert-OH is 1. The highest BCUT2D eigenvalue weighted by atomic mass is 16.5. The molecular weight excluding hydrogens is 260 g/mol. The van der Waals surface area contributed by atoms with Crippen molar-refractivity contribution in [2.45, 2.75) is 19.4 Å². The molecule has 20 heavy (non-hydrogen) atoms. The summed E-state index contributed by atoms with van der Waals surface area (Å²) >= 11 is 0. The molecule has 1 rings (SSSR count). The zero-order valence-electron chi connectivity index (χ0n) is 11.3. The van der Waals surface area contributed by atoms with E-state index < -0.39 is 18.0 Å². The van der Waals surface area contributed by atoms with Crippen molar-refractivity contribution in [3.05, 3.63) is 48.0 Å². The second-order valence-electron chi connectivity index (χ2n) is 4.07. The van der Waals surface area contributed by atoms with Crippen molar-refractivity contribution in [2.75, 3.05) is 13.2 Å². The third-order valence-electron chi connectivity index (χ3n) is 2.46. The van der Waals surface area contributed by atoms with E-state index in [0.29, 0.717) is 6.42 Å². The molecule has 0 heterocycles. The number of aliphatic hydroxyl groups is 1. The summed E-state index contributed by atoms with van der Waals surface area (Å²) < 4.78 is 9.87. The standard InChI is InChI=1S/C15H18O5/c1-12(13-6-3-2-4-7-13)20-15(18)9-8-14(17)19-11-5-10-16/h2-4,6-9,12,16H,5,10-11H2,1H3. The Kier molecular flexibility index (Phi) is 7.06. The van der Waals surface area contributed by atoms with Crippen LogP contribution in [0.2, 0.25) is 0 Å². The number of carbonyl (C=O) groups excluding carboxylic acids is 2. The minimum Gasteiger partial charge on any atom is -0.462 e. The van der Waals surface area contributed by atoms with Crippen molar-refractivity contribution in [3.63, 3.8) is 0 Å². The van der Waals surface area contributed by atoms with Crippen molar-refractivity contribution in [3.8, 4) is 0 Å². The molecule has 0 aliphatic rings. The Bertz CT molecular complexity index is 453. The van der Waals surface area contributed by atoms with Gasteiger partial charge in [-0.15, -0.1) is 0 Å². The van der Waals surface area contributed by atoms with Gasteiger partial charge in [-0.3, -0.25) is 0 Å². The second kappa shape index (κ2) is 8.87. The second-order valence-corrected chi connectivity index (χ2v) is 4.07. The highest BCUT2D eigenvalue weighted by Gasteiger charge is 2.09. The van der Waals surface area contributed by atoms with Crippen LogP contribution in [0.4, 0.5) is 0 Å². The summed E-state index contributed by atoms with van der Waals surface area (Å²) in [6, 6.07) is 9.29. The number of esters is 2. The molecule has 1 atom stereocenters. The van der Waals surface area contributed by atoms with Crippen molar-refractivity contribution >= 4 is 11.9 Å². The molecule has 108 valence electrons. The number of rotatable bonds is 7. The first-order valence-electron chi connectivity index (χ1n) is 6.34. The van der Waals surface area contributed by atoms with Crippen LogP contribution in [-0.4, -0.2) is 30.3 Å². The highest BCUT2D eigenvalue weighted by Crippen LogP contribution is 2.15. The van der Waals surface area contributed by atoms with E-state index in [2.05, 4.69) is 0 Å². The minimum atomic E-state index is -0.636. The monoisotopic (exact) mass is 278 g/mol. The van der Waals surface area contributed by atoms with Crippen molar-refractivity contribution in [1.82, 2.24) is 0 Å². The average molecular weight is 278 g/mol. The molecule has 0 aliphatic heterocycles. The van der Waals surface area contributed by atoms with Gasteiger partial charge < -0.3 is 14.6 Å². The predicted molar refractivity (Wildman–Crippen MR) is 72.8 cm³/mol. The third-order valence-corrected chi connectivity index (χ3v) is 2.46. The Labute approximate surface area is 117 Å². The van der Waals surface area contributed by atoms with Crippen LogP contribution in [-0.2, 0) is 19.1 Å². The van der Waals surface area contributed by atoms with Gasteiger partial charge in [0.2, 0.25) is 0 Å². The molecule has 0 aromatic heterocycles. The van der Waals surface area contributed by atoms with E-state index in [4.69, 9.17) is 14.6 Å². The maximum Gasteiger partial charge on any atom is 0.331 e. The molecular formula is C15H18O5. The van der Waals surface area contributed by atoms with Gasteiger partial charge in [0.25, 0.3) is 0 Å². The summed E-state index contributed by atoms with van der Waals surface area (Å²) in [5, 5.41) is 8.52. The van der Waals surface area contributed by atoms with Gasteiger partial charge in [-0.1, -0.05) is 30.3 Å². The van der Waals surface area contributed by atoms with Gasteiger partial charge in [0.05, 0.1) is 6.61 Å². The molecule has 0 bridgehead atoms. The van der Waals surface area contributed by atoms with Crippen LogP contribution in [0.5, 0.6) is 0 Å². The molecule has 0 fully saturated rings. The fourth-order valence-electron chi connectivity index (χ4n) is 1.43. The Balaban J connectivity index is 2.37. The maximum atomic E-state index is 11.5. The lowest BCUT2D eigenvalue weighted by Crippen LogP contribution is -2.08. The zero-order valence-corrected chi connectivity index (χ0v) is 11.3. The van der Waals surface area contributed by atoms with Crippen molar-refractivity contribution in [1.29, 1.82) is 0 Å². The Morgan fingerprint density at radius 2 is 1.85 bits per heavy atom. The summed E-state index contributed by atoms with van der Waals surface area (Å²) in [6.45, 7) is 1.82. The zero-order chi connectivity index (χ0) is 14.8. The first-order chi connectivity index (χ1) is 9.63. The van der Waals surface area contributed by atoms with Crippen LogP contribution < -0.4 is 0 Å². The molecule has 5 heteroatoms. The molecule has 1 aromatic rings. The fraction of sp³-hybridized carbons (Fsp3) is 0.333. The van der Waals surface area contributed by atoms with E-state index in [1.807, 2.05) is 30.3 Å². The summed E-state index contributed by atoms with van der Waals surface area (Å²) in [5.41, 5.74) is 0.875. The molecule has 0 spiro atoms. The van der Waals surface area contributed by atoms with E-state index in [9.17, 15) is 9.59 Å². The molecule has 0 saturated carbocycles. The lowest BCUT2D eigenvalue weighted by molar-refractivity contribution is -0.143. The molecule has 0 amide bonds. The van der Waals surface area contributed by atoms with E-state index in [0.717, 1.165) is 17.7 Å². The third kappa shape index (κ3) is 6.15. The molecule has 0 aliphatic carbocycles. The maximum absolute atomic E-state index is 11.5. The van der Waals surface area contributed by atoms with E-state index >= 15 is 0 Å².